The van der Waals surface area contributed by atoms with Gasteiger partial charge in [-0.3, -0.25) is 0 Å². The predicted molar refractivity (Wildman–Crippen MR) is 82.5 cm³/mol. The van der Waals surface area contributed by atoms with E-state index in [4.69, 9.17) is 9.47 Å². The lowest BCUT2D eigenvalue weighted by Gasteiger charge is -2.08. The summed E-state index contributed by atoms with van der Waals surface area (Å²) >= 11 is 0. The Balaban J connectivity index is 1.57. The molecule has 0 aromatic heterocycles. The van der Waals surface area contributed by atoms with Crippen LogP contribution in [0, 0.1) is 0 Å². The third-order valence-corrected chi connectivity index (χ3v) is 3.15. The van der Waals surface area contributed by atoms with E-state index >= 15 is 0 Å². The first-order chi connectivity index (χ1) is 9.88. The Hall–Kier alpha value is -1.96. The number of hydrogen-bond acceptors (Lipinski definition) is 2. The molecule has 0 amide bonds. The summed E-state index contributed by atoms with van der Waals surface area (Å²) in [5.74, 6) is 1.88. The minimum Gasteiger partial charge on any atom is -0.494 e. The average molecular weight is 270 g/mol. The van der Waals surface area contributed by atoms with Crippen LogP contribution in [-0.4, -0.2) is 13.2 Å². The summed E-state index contributed by atoms with van der Waals surface area (Å²) in [5.41, 5.74) is 1.34. The second-order valence-electron chi connectivity index (χ2n) is 4.71. The van der Waals surface area contributed by atoms with Crippen LogP contribution in [0.4, 0.5) is 0 Å². The maximum atomic E-state index is 5.70. The molecule has 2 rings (SSSR count). The van der Waals surface area contributed by atoms with E-state index in [2.05, 4.69) is 19.1 Å². The summed E-state index contributed by atoms with van der Waals surface area (Å²) in [6.45, 7) is 3.63. The summed E-state index contributed by atoms with van der Waals surface area (Å²) < 4.78 is 11.3. The van der Waals surface area contributed by atoms with E-state index in [1.807, 2.05) is 42.5 Å². The highest BCUT2D eigenvalue weighted by Gasteiger charge is 1.96. The summed E-state index contributed by atoms with van der Waals surface area (Å²) in [5, 5.41) is 0. The molecule has 0 N–H and O–H groups in total. The number of unbranched alkanes of at least 4 members (excludes halogenated alkanes) is 1. The van der Waals surface area contributed by atoms with Crippen molar-refractivity contribution in [2.24, 2.45) is 0 Å². The number of ether oxygens (including phenoxy) is 2. The zero-order chi connectivity index (χ0) is 14.0. The van der Waals surface area contributed by atoms with Crippen molar-refractivity contribution in [1.29, 1.82) is 0 Å². The van der Waals surface area contributed by atoms with Gasteiger partial charge in [0.2, 0.25) is 0 Å². The standard InChI is InChI=1S/C18H22O2/c1-2-16-10-12-18(13-11-16)20-15-7-6-14-19-17-8-4-3-5-9-17/h3-5,8-13H,2,6-7,14-15H2,1H3. The van der Waals surface area contributed by atoms with Crippen molar-refractivity contribution in [2.75, 3.05) is 13.2 Å². The SMILES string of the molecule is CCc1ccc(OCCCCOc2ccccc2)cc1. The highest BCUT2D eigenvalue weighted by molar-refractivity contribution is 5.27. The van der Waals surface area contributed by atoms with Crippen LogP contribution < -0.4 is 9.47 Å². The van der Waals surface area contributed by atoms with Crippen LogP contribution in [0.1, 0.15) is 25.3 Å². The molecule has 2 aromatic rings. The fraction of sp³-hybridized carbons (Fsp3) is 0.333. The fourth-order valence-electron chi connectivity index (χ4n) is 1.92. The molecule has 0 atom stereocenters. The van der Waals surface area contributed by atoms with Gasteiger partial charge < -0.3 is 9.47 Å². The van der Waals surface area contributed by atoms with E-state index < -0.39 is 0 Å². The maximum absolute atomic E-state index is 5.70. The van der Waals surface area contributed by atoms with Gasteiger partial charge in [-0.1, -0.05) is 37.3 Å². The molecule has 0 bridgehead atoms. The second kappa shape index (κ2) is 8.26. The lowest BCUT2D eigenvalue weighted by molar-refractivity contribution is 0.266. The molecule has 0 aliphatic heterocycles. The molecule has 2 heteroatoms. The van der Waals surface area contributed by atoms with Crippen LogP contribution in [0.5, 0.6) is 11.5 Å². The lowest BCUT2D eigenvalue weighted by atomic mass is 10.2. The van der Waals surface area contributed by atoms with Crippen molar-refractivity contribution in [3.63, 3.8) is 0 Å². The third-order valence-electron chi connectivity index (χ3n) is 3.15. The smallest absolute Gasteiger partial charge is 0.119 e. The van der Waals surface area contributed by atoms with Crippen molar-refractivity contribution in [2.45, 2.75) is 26.2 Å². The molecule has 0 radical (unpaired) electrons. The second-order valence-corrected chi connectivity index (χ2v) is 4.71. The van der Waals surface area contributed by atoms with Crippen molar-refractivity contribution in [3.05, 3.63) is 60.2 Å². The van der Waals surface area contributed by atoms with E-state index in [9.17, 15) is 0 Å². The summed E-state index contributed by atoms with van der Waals surface area (Å²) in [4.78, 5) is 0. The molecule has 20 heavy (non-hydrogen) atoms. The number of aryl methyl sites for hydroxylation is 1. The molecule has 0 heterocycles. The van der Waals surface area contributed by atoms with Gasteiger partial charge in [-0.05, 0) is 49.1 Å². The molecule has 0 saturated heterocycles. The van der Waals surface area contributed by atoms with Crippen LogP contribution in [0.25, 0.3) is 0 Å². The van der Waals surface area contributed by atoms with Crippen molar-refractivity contribution < 1.29 is 9.47 Å². The zero-order valence-electron chi connectivity index (χ0n) is 12.0. The third kappa shape index (κ3) is 4.96. The van der Waals surface area contributed by atoms with Crippen LogP contribution in [0.15, 0.2) is 54.6 Å². The van der Waals surface area contributed by atoms with Gasteiger partial charge in [0.1, 0.15) is 11.5 Å². The first-order valence-electron chi connectivity index (χ1n) is 7.28. The topological polar surface area (TPSA) is 18.5 Å². The Morgan fingerprint density at radius 2 is 1.25 bits per heavy atom. The van der Waals surface area contributed by atoms with Crippen LogP contribution >= 0.6 is 0 Å². The van der Waals surface area contributed by atoms with E-state index in [1.165, 1.54) is 5.56 Å². The first-order valence-corrected chi connectivity index (χ1v) is 7.28. The van der Waals surface area contributed by atoms with Gasteiger partial charge in [0.25, 0.3) is 0 Å². The first kappa shape index (κ1) is 14.4. The van der Waals surface area contributed by atoms with Crippen molar-refractivity contribution in [3.8, 4) is 11.5 Å². The molecular formula is C18H22O2. The zero-order valence-corrected chi connectivity index (χ0v) is 12.0. The minimum atomic E-state index is 0.738. The van der Waals surface area contributed by atoms with Gasteiger partial charge in [0.05, 0.1) is 13.2 Å². The number of rotatable bonds is 8. The Kier molecular flexibility index (Phi) is 5.97. The van der Waals surface area contributed by atoms with Gasteiger partial charge in [-0.15, -0.1) is 0 Å². The molecule has 0 aliphatic carbocycles. The number of hydrogen-bond donors (Lipinski definition) is 0. The van der Waals surface area contributed by atoms with E-state index in [1.54, 1.807) is 0 Å². The highest BCUT2D eigenvalue weighted by atomic mass is 16.5. The Morgan fingerprint density at radius 3 is 1.80 bits per heavy atom. The van der Waals surface area contributed by atoms with E-state index in [0.29, 0.717) is 0 Å². The monoisotopic (exact) mass is 270 g/mol. The molecule has 0 saturated carbocycles. The highest BCUT2D eigenvalue weighted by Crippen LogP contribution is 2.13. The molecular weight excluding hydrogens is 248 g/mol. The molecule has 2 nitrogen and oxygen atoms in total. The van der Waals surface area contributed by atoms with Gasteiger partial charge in [0.15, 0.2) is 0 Å². The summed E-state index contributed by atoms with van der Waals surface area (Å²) in [6.07, 6.45) is 3.07. The quantitative estimate of drug-likeness (QED) is 0.658. The van der Waals surface area contributed by atoms with Gasteiger partial charge in [-0.2, -0.15) is 0 Å². The van der Waals surface area contributed by atoms with Crippen LogP contribution in [0.2, 0.25) is 0 Å². The number of para-hydroxylation sites is 1. The van der Waals surface area contributed by atoms with Crippen LogP contribution in [-0.2, 0) is 6.42 Å². The fourth-order valence-corrected chi connectivity index (χ4v) is 1.92. The summed E-state index contributed by atoms with van der Waals surface area (Å²) in [6, 6.07) is 18.2. The maximum Gasteiger partial charge on any atom is 0.119 e. The molecule has 106 valence electrons. The molecule has 0 spiro atoms. The Labute approximate surface area is 121 Å². The van der Waals surface area contributed by atoms with Crippen molar-refractivity contribution >= 4 is 0 Å². The minimum absolute atomic E-state index is 0.738. The van der Waals surface area contributed by atoms with E-state index in [0.717, 1.165) is 44.0 Å². The normalized spacial score (nSPS) is 10.2. The Bertz CT molecular complexity index is 477. The predicted octanol–water partition coefficient (Wildman–Crippen LogP) is 4.49. The summed E-state index contributed by atoms with van der Waals surface area (Å²) in [7, 11) is 0. The molecule has 0 fully saturated rings. The molecule has 2 aromatic carbocycles. The van der Waals surface area contributed by atoms with Crippen molar-refractivity contribution in [1.82, 2.24) is 0 Å². The largest absolute Gasteiger partial charge is 0.494 e. The molecule has 0 unspecified atom stereocenters. The average Bonchev–Trinajstić information content (AvgIpc) is 2.52. The van der Waals surface area contributed by atoms with Crippen LogP contribution in [0.3, 0.4) is 0 Å². The van der Waals surface area contributed by atoms with E-state index in [-0.39, 0.29) is 0 Å². The van der Waals surface area contributed by atoms with Gasteiger partial charge >= 0.3 is 0 Å². The molecule has 0 aliphatic rings. The lowest BCUT2D eigenvalue weighted by Crippen LogP contribution is -2.02. The van der Waals surface area contributed by atoms with Gasteiger partial charge in [-0.25, -0.2) is 0 Å². The number of benzene rings is 2. The Morgan fingerprint density at radius 1 is 0.700 bits per heavy atom. The van der Waals surface area contributed by atoms with Gasteiger partial charge in [0, 0.05) is 0 Å².